The van der Waals surface area contributed by atoms with Crippen molar-refractivity contribution < 1.29 is 0 Å². The molecular formula is C15H27NS2. The fraction of sp³-hybridized carbons (Fsp3) is 0.933. The third kappa shape index (κ3) is 9.13. The van der Waals surface area contributed by atoms with E-state index >= 15 is 0 Å². The zero-order valence-electron chi connectivity index (χ0n) is 11.5. The van der Waals surface area contributed by atoms with Crippen molar-refractivity contribution in [2.45, 2.75) is 64.2 Å². The molecule has 0 unspecified atom stereocenters. The number of thioether (sulfide) groups is 1. The predicted octanol–water partition coefficient (Wildman–Crippen LogP) is 5.35. The molecule has 1 rings (SSSR count). The summed E-state index contributed by atoms with van der Waals surface area (Å²) < 4.78 is 0. The van der Waals surface area contributed by atoms with Crippen LogP contribution in [0.2, 0.25) is 0 Å². The Balaban J connectivity index is 2.15. The van der Waals surface area contributed by atoms with Crippen LogP contribution in [0.4, 0.5) is 0 Å². The Hall–Kier alpha value is 0.150. The van der Waals surface area contributed by atoms with E-state index in [1.807, 2.05) is 0 Å². The monoisotopic (exact) mass is 285 g/mol. The number of isothiocyanates is 1. The van der Waals surface area contributed by atoms with Crippen molar-refractivity contribution in [1.82, 2.24) is 0 Å². The number of rotatable bonds is 5. The van der Waals surface area contributed by atoms with Crippen molar-refractivity contribution in [1.29, 1.82) is 0 Å². The van der Waals surface area contributed by atoms with Crippen molar-refractivity contribution in [3.8, 4) is 0 Å². The summed E-state index contributed by atoms with van der Waals surface area (Å²) in [5.74, 6) is 3.39. The fourth-order valence-corrected chi connectivity index (χ4v) is 3.79. The molecule has 1 aliphatic carbocycles. The summed E-state index contributed by atoms with van der Waals surface area (Å²) in [5.41, 5.74) is 0. The van der Waals surface area contributed by atoms with E-state index in [1.54, 1.807) is 0 Å². The van der Waals surface area contributed by atoms with Crippen LogP contribution < -0.4 is 0 Å². The maximum atomic E-state index is 4.57. The summed E-state index contributed by atoms with van der Waals surface area (Å²) in [6, 6.07) is 0. The first-order valence-corrected chi connectivity index (χ1v) is 9.11. The molecular weight excluding hydrogens is 258 g/mol. The first-order valence-electron chi connectivity index (χ1n) is 7.55. The Labute approximate surface area is 122 Å². The highest BCUT2D eigenvalue weighted by Crippen LogP contribution is 2.24. The molecule has 1 aliphatic rings. The maximum Gasteiger partial charge on any atom is 0.0585 e. The first kappa shape index (κ1) is 16.2. The summed E-state index contributed by atoms with van der Waals surface area (Å²) in [5, 5.41) is 2.44. The predicted molar refractivity (Wildman–Crippen MR) is 86.9 cm³/mol. The molecule has 0 aromatic carbocycles. The van der Waals surface area contributed by atoms with Crippen LogP contribution >= 0.6 is 24.0 Å². The average Bonchev–Trinajstić information content (AvgIpc) is 2.44. The summed E-state index contributed by atoms with van der Waals surface area (Å²) in [4.78, 5) is 3.97. The number of nitrogens with zero attached hydrogens (tertiary/aromatic N) is 1. The molecule has 1 nitrogen and oxygen atoms in total. The number of hydrogen-bond donors (Lipinski definition) is 0. The molecule has 104 valence electrons. The molecule has 0 spiro atoms. The zero-order chi connectivity index (χ0) is 12.9. The SMILES string of the molecule is S=C=NCCSCC1CCCCCCCCCC1. The van der Waals surface area contributed by atoms with Gasteiger partial charge in [0, 0.05) is 5.75 Å². The van der Waals surface area contributed by atoms with Gasteiger partial charge in [0.25, 0.3) is 0 Å². The van der Waals surface area contributed by atoms with Crippen LogP contribution in [0.3, 0.4) is 0 Å². The van der Waals surface area contributed by atoms with Gasteiger partial charge in [-0.05, 0) is 36.7 Å². The van der Waals surface area contributed by atoms with E-state index in [1.165, 1.54) is 70.0 Å². The van der Waals surface area contributed by atoms with Gasteiger partial charge in [-0.25, -0.2) is 4.99 Å². The molecule has 0 bridgehead atoms. The first-order chi connectivity index (χ1) is 8.93. The van der Waals surface area contributed by atoms with Crippen LogP contribution in [0.5, 0.6) is 0 Å². The highest BCUT2D eigenvalue weighted by Gasteiger charge is 2.09. The third-order valence-electron chi connectivity index (χ3n) is 3.74. The average molecular weight is 286 g/mol. The molecule has 0 radical (unpaired) electrons. The van der Waals surface area contributed by atoms with Crippen molar-refractivity contribution in [3.05, 3.63) is 0 Å². The van der Waals surface area contributed by atoms with Gasteiger partial charge in [-0.3, -0.25) is 0 Å². The summed E-state index contributed by atoms with van der Waals surface area (Å²) in [6.07, 6.45) is 14.6. The lowest BCUT2D eigenvalue weighted by Crippen LogP contribution is -2.05. The Kier molecular flexibility index (Phi) is 11.0. The summed E-state index contributed by atoms with van der Waals surface area (Å²) >= 11 is 6.63. The largest absolute Gasteiger partial charge is 0.232 e. The van der Waals surface area contributed by atoms with E-state index in [0.29, 0.717) is 0 Å². The molecule has 0 amide bonds. The lowest BCUT2D eigenvalue weighted by Gasteiger charge is -2.15. The Morgan fingerprint density at radius 3 is 2.06 bits per heavy atom. The van der Waals surface area contributed by atoms with Crippen molar-refractivity contribution in [2.24, 2.45) is 10.9 Å². The molecule has 0 aliphatic heterocycles. The zero-order valence-corrected chi connectivity index (χ0v) is 13.2. The molecule has 0 atom stereocenters. The highest BCUT2D eigenvalue weighted by molar-refractivity contribution is 7.99. The Bertz CT molecular complexity index is 225. The smallest absolute Gasteiger partial charge is 0.0585 e. The van der Waals surface area contributed by atoms with Crippen molar-refractivity contribution in [2.75, 3.05) is 18.1 Å². The minimum absolute atomic E-state index is 0.848. The lowest BCUT2D eigenvalue weighted by atomic mass is 9.97. The second kappa shape index (κ2) is 12.2. The summed E-state index contributed by atoms with van der Waals surface area (Å²) in [7, 11) is 0. The van der Waals surface area contributed by atoms with Gasteiger partial charge in [0.05, 0.1) is 11.7 Å². The van der Waals surface area contributed by atoms with Crippen molar-refractivity contribution >= 4 is 29.1 Å². The standard InChI is InChI=1S/C15H27NS2/c17-14-16-11-12-18-13-15-9-7-5-3-1-2-4-6-8-10-15/h15H,1-13H2. The quantitative estimate of drug-likeness (QED) is 0.383. The van der Waals surface area contributed by atoms with Crippen LogP contribution in [-0.4, -0.2) is 23.2 Å². The van der Waals surface area contributed by atoms with Gasteiger partial charge >= 0.3 is 0 Å². The molecule has 0 N–H and O–H groups in total. The van der Waals surface area contributed by atoms with Gasteiger partial charge in [-0.2, -0.15) is 11.8 Å². The van der Waals surface area contributed by atoms with Gasteiger partial charge in [-0.15, -0.1) is 0 Å². The van der Waals surface area contributed by atoms with E-state index in [4.69, 9.17) is 0 Å². The van der Waals surface area contributed by atoms with Gasteiger partial charge in [0.1, 0.15) is 0 Å². The van der Waals surface area contributed by atoms with Crippen LogP contribution in [0.25, 0.3) is 0 Å². The van der Waals surface area contributed by atoms with Gasteiger partial charge in [0.15, 0.2) is 0 Å². The lowest BCUT2D eigenvalue weighted by molar-refractivity contribution is 0.454. The Morgan fingerprint density at radius 2 is 1.50 bits per heavy atom. The number of thiocarbonyl (C=S) groups is 1. The Morgan fingerprint density at radius 1 is 0.944 bits per heavy atom. The van der Waals surface area contributed by atoms with Gasteiger partial charge in [-0.1, -0.05) is 51.4 Å². The number of hydrogen-bond acceptors (Lipinski definition) is 3. The normalized spacial score (nSPS) is 19.8. The summed E-state index contributed by atoms with van der Waals surface area (Å²) in [6.45, 7) is 0.848. The van der Waals surface area contributed by atoms with E-state index in [0.717, 1.165) is 18.2 Å². The molecule has 1 saturated carbocycles. The van der Waals surface area contributed by atoms with Crippen LogP contribution in [0, 0.1) is 5.92 Å². The fourth-order valence-electron chi connectivity index (χ4n) is 2.64. The van der Waals surface area contributed by atoms with E-state index < -0.39 is 0 Å². The topological polar surface area (TPSA) is 12.4 Å². The second-order valence-electron chi connectivity index (χ2n) is 5.32. The minimum atomic E-state index is 0.848. The van der Waals surface area contributed by atoms with E-state index in [9.17, 15) is 0 Å². The molecule has 1 fully saturated rings. The second-order valence-corrected chi connectivity index (χ2v) is 6.65. The third-order valence-corrected chi connectivity index (χ3v) is 5.05. The van der Waals surface area contributed by atoms with Crippen LogP contribution in [0.1, 0.15) is 64.2 Å². The van der Waals surface area contributed by atoms with Crippen LogP contribution in [-0.2, 0) is 0 Å². The molecule has 0 heterocycles. The molecule has 0 aromatic rings. The van der Waals surface area contributed by atoms with E-state index in [-0.39, 0.29) is 0 Å². The van der Waals surface area contributed by atoms with Gasteiger partial charge < -0.3 is 0 Å². The van der Waals surface area contributed by atoms with Gasteiger partial charge in [0.2, 0.25) is 0 Å². The number of aliphatic imine (C=N–C) groups is 1. The molecule has 18 heavy (non-hydrogen) atoms. The van der Waals surface area contributed by atoms with Crippen molar-refractivity contribution in [3.63, 3.8) is 0 Å². The van der Waals surface area contributed by atoms with E-state index in [2.05, 4.69) is 34.1 Å². The maximum absolute atomic E-state index is 4.57. The molecule has 0 aromatic heterocycles. The highest BCUT2D eigenvalue weighted by atomic mass is 32.2. The minimum Gasteiger partial charge on any atom is -0.232 e. The van der Waals surface area contributed by atoms with Crippen LogP contribution in [0.15, 0.2) is 4.99 Å². The molecule has 3 heteroatoms. The molecule has 0 saturated heterocycles.